The Morgan fingerprint density at radius 2 is 2.25 bits per heavy atom. The molecular formula is C15H22FN3O. The fraction of sp³-hybridized carbons (Fsp3) is 0.533. The average Bonchev–Trinajstić information content (AvgIpc) is 2.69. The van der Waals surface area contributed by atoms with Crippen LogP contribution in [0.2, 0.25) is 0 Å². The highest BCUT2D eigenvalue weighted by Gasteiger charge is 2.12. The van der Waals surface area contributed by atoms with Gasteiger partial charge >= 0.3 is 6.03 Å². The molecule has 2 rings (SSSR count). The van der Waals surface area contributed by atoms with Crippen LogP contribution in [0.25, 0.3) is 0 Å². The molecule has 3 N–H and O–H groups in total. The van der Waals surface area contributed by atoms with Crippen LogP contribution in [0.5, 0.6) is 0 Å². The zero-order chi connectivity index (χ0) is 14.4. The van der Waals surface area contributed by atoms with Crippen LogP contribution in [-0.2, 0) is 0 Å². The minimum absolute atomic E-state index is 0.248. The number of hydrogen-bond acceptors (Lipinski definition) is 2. The molecule has 1 saturated heterocycles. The molecule has 1 aliphatic heterocycles. The van der Waals surface area contributed by atoms with E-state index in [0.717, 1.165) is 13.0 Å². The van der Waals surface area contributed by atoms with Gasteiger partial charge in [0.15, 0.2) is 0 Å². The summed E-state index contributed by atoms with van der Waals surface area (Å²) < 4.78 is 13.1. The molecule has 0 unspecified atom stereocenters. The second-order valence-electron chi connectivity index (χ2n) is 5.30. The van der Waals surface area contributed by atoms with Crippen LogP contribution in [0.4, 0.5) is 14.9 Å². The smallest absolute Gasteiger partial charge is 0.319 e. The third-order valence-corrected chi connectivity index (χ3v) is 3.59. The molecule has 1 heterocycles. The molecule has 1 fully saturated rings. The number of carbonyl (C=O) groups is 1. The second-order valence-corrected chi connectivity index (χ2v) is 5.30. The third kappa shape index (κ3) is 4.49. The molecule has 0 aromatic heterocycles. The zero-order valence-corrected chi connectivity index (χ0v) is 11.8. The molecule has 2 amide bonds. The van der Waals surface area contributed by atoms with Gasteiger partial charge in [-0.25, -0.2) is 9.18 Å². The van der Waals surface area contributed by atoms with Crippen molar-refractivity contribution in [3.63, 3.8) is 0 Å². The van der Waals surface area contributed by atoms with Crippen molar-refractivity contribution < 1.29 is 9.18 Å². The largest absolute Gasteiger partial charge is 0.336 e. The minimum atomic E-state index is -0.265. The predicted octanol–water partition coefficient (Wildman–Crippen LogP) is 2.79. The van der Waals surface area contributed by atoms with Gasteiger partial charge in [0, 0.05) is 18.3 Å². The Labute approximate surface area is 119 Å². The molecule has 4 nitrogen and oxygen atoms in total. The summed E-state index contributed by atoms with van der Waals surface area (Å²) >= 11 is 0. The maximum Gasteiger partial charge on any atom is 0.319 e. The minimum Gasteiger partial charge on any atom is -0.336 e. The summed E-state index contributed by atoms with van der Waals surface area (Å²) in [6.45, 7) is 3.31. The van der Waals surface area contributed by atoms with Crippen molar-refractivity contribution in [2.24, 2.45) is 0 Å². The van der Waals surface area contributed by atoms with Crippen molar-refractivity contribution in [3.8, 4) is 0 Å². The Morgan fingerprint density at radius 3 is 3.05 bits per heavy atom. The van der Waals surface area contributed by atoms with E-state index in [2.05, 4.69) is 16.0 Å². The Balaban J connectivity index is 1.78. The van der Waals surface area contributed by atoms with Gasteiger partial charge in [-0.2, -0.15) is 0 Å². The molecule has 5 heteroatoms. The highest BCUT2D eigenvalue weighted by Crippen LogP contribution is 2.13. The van der Waals surface area contributed by atoms with Gasteiger partial charge in [0.1, 0.15) is 5.82 Å². The molecule has 0 saturated carbocycles. The van der Waals surface area contributed by atoms with Gasteiger partial charge < -0.3 is 16.0 Å². The lowest BCUT2D eigenvalue weighted by Gasteiger charge is -2.16. The first-order valence-electron chi connectivity index (χ1n) is 7.19. The number of carbonyl (C=O) groups excluding carboxylic acids is 1. The molecule has 0 spiro atoms. The van der Waals surface area contributed by atoms with E-state index in [-0.39, 0.29) is 11.8 Å². The van der Waals surface area contributed by atoms with Gasteiger partial charge in [-0.3, -0.25) is 0 Å². The summed E-state index contributed by atoms with van der Waals surface area (Å²) in [4.78, 5) is 11.8. The van der Waals surface area contributed by atoms with E-state index in [9.17, 15) is 9.18 Å². The van der Waals surface area contributed by atoms with Crippen LogP contribution >= 0.6 is 0 Å². The molecule has 20 heavy (non-hydrogen) atoms. The van der Waals surface area contributed by atoms with Crippen molar-refractivity contribution in [2.45, 2.75) is 38.6 Å². The standard InChI is InChI=1S/C15H22FN3O/c1-11-9-12(6-7-14(11)16)19-15(20)18-10-13-5-3-2-4-8-17-13/h6-7,9,13,17H,2-5,8,10H2,1H3,(H2,18,19,20)/t13-/m1/s1. The number of halogens is 1. The highest BCUT2D eigenvalue weighted by molar-refractivity contribution is 5.89. The maximum absolute atomic E-state index is 13.1. The summed E-state index contributed by atoms with van der Waals surface area (Å²) in [6.07, 6.45) is 4.76. The first kappa shape index (κ1) is 14.8. The molecular weight excluding hydrogens is 257 g/mol. The number of benzene rings is 1. The number of hydrogen-bond donors (Lipinski definition) is 3. The van der Waals surface area contributed by atoms with Gasteiger partial charge in [0.2, 0.25) is 0 Å². The van der Waals surface area contributed by atoms with Crippen LogP contribution in [-0.4, -0.2) is 25.2 Å². The number of nitrogens with one attached hydrogen (secondary N) is 3. The Hall–Kier alpha value is -1.62. The highest BCUT2D eigenvalue weighted by atomic mass is 19.1. The van der Waals surface area contributed by atoms with Crippen LogP contribution < -0.4 is 16.0 Å². The number of urea groups is 1. The molecule has 1 aromatic rings. The third-order valence-electron chi connectivity index (χ3n) is 3.59. The molecule has 0 aliphatic carbocycles. The van der Waals surface area contributed by atoms with E-state index < -0.39 is 0 Å². The van der Waals surface area contributed by atoms with Gasteiger partial charge in [-0.05, 0) is 50.1 Å². The fourth-order valence-corrected chi connectivity index (χ4v) is 2.39. The second kappa shape index (κ2) is 7.24. The quantitative estimate of drug-likeness (QED) is 0.797. The predicted molar refractivity (Wildman–Crippen MR) is 78.4 cm³/mol. The summed E-state index contributed by atoms with van der Waals surface area (Å²) in [6, 6.07) is 4.64. The SMILES string of the molecule is Cc1cc(NC(=O)NC[C@H]2CCCCCN2)ccc1F. The average molecular weight is 279 g/mol. The number of anilines is 1. The number of rotatable bonds is 3. The van der Waals surface area contributed by atoms with E-state index in [1.165, 1.54) is 25.3 Å². The van der Waals surface area contributed by atoms with Crippen LogP contribution in [0.15, 0.2) is 18.2 Å². The van der Waals surface area contributed by atoms with E-state index >= 15 is 0 Å². The summed E-state index contributed by atoms with van der Waals surface area (Å²) in [5.41, 5.74) is 1.13. The molecule has 0 bridgehead atoms. The van der Waals surface area contributed by atoms with Crippen molar-refractivity contribution >= 4 is 11.7 Å². The lowest BCUT2D eigenvalue weighted by Crippen LogP contribution is -2.41. The Morgan fingerprint density at radius 1 is 1.40 bits per heavy atom. The first-order valence-corrected chi connectivity index (χ1v) is 7.19. The van der Waals surface area contributed by atoms with Crippen LogP contribution in [0.3, 0.4) is 0 Å². The Kier molecular flexibility index (Phi) is 5.35. The normalized spacial score (nSPS) is 19.2. The topological polar surface area (TPSA) is 53.2 Å². The monoisotopic (exact) mass is 279 g/mol. The number of amides is 2. The maximum atomic E-state index is 13.1. The van der Waals surface area contributed by atoms with E-state index in [1.807, 2.05) is 0 Å². The first-order chi connectivity index (χ1) is 9.65. The summed E-state index contributed by atoms with van der Waals surface area (Å²) in [5.74, 6) is -0.265. The molecule has 0 radical (unpaired) electrons. The number of aryl methyl sites for hydroxylation is 1. The molecule has 1 atom stereocenters. The summed E-state index contributed by atoms with van der Waals surface area (Å²) in [5, 5.41) is 9.00. The lowest BCUT2D eigenvalue weighted by atomic mass is 10.1. The van der Waals surface area contributed by atoms with Crippen molar-refractivity contribution in [2.75, 3.05) is 18.4 Å². The fourth-order valence-electron chi connectivity index (χ4n) is 2.39. The molecule has 1 aliphatic rings. The molecule has 110 valence electrons. The van der Waals surface area contributed by atoms with Crippen LogP contribution in [0.1, 0.15) is 31.2 Å². The van der Waals surface area contributed by atoms with Gasteiger partial charge in [-0.1, -0.05) is 12.8 Å². The zero-order valence-electron chi connectivity index (χ0n) is 11.8. The van der Waals surface area contributed by atoms with Gasteiger partial charge in [-0.15, -0.1) is 0 Å². The van der Waals surface area contributed by atoms with E-state index in [4.69, 9.17) is 0 Å². The van der Waals surface area contributed by atoms with Crippen molar-refractivity contribution in [3.05, 3.63) is 29.6 Å². The Bertz CT molecular complexity index is 456. The van der Waals surface area contributed by atoms with Gasteiger partial charge in [0.05, 0.1) is 0 Å². The van der Waals surface area contributed by atoms with E-state index in [1.54, 1.807) is 19.1 Å². The lowest BCUT2D eigenvalue weighted by molar-refractivity contribution is 0.250. The van der Waals surface area contributed by atoms with E-state index in [0.29, 0.717) is 23.8 Å². The molecule has 1 aromatic carbocycles. The van der Waals surface area contributed by atoms with Gasteiger partial charge in [0.25, 0.3) is 0 Å². The van der Waals surface area contributed by atoms with Crippen molar-refractivity contribution in [1.29, 1.82) is 0 Å². The van der Waals surface area contributed by atoms with Crippen molar-refractivity contribution in [1.82, 2.24) is 10.6 Å². The van der Waals surface area contributed by atoms with Crippen LogP contribution in [0, 0.1) is 12.7 Å². The summed E-state index contributed by atoms with van der Waals surface area (Å²) in [7, 11) is 0.